The number of aromatic nitrogens is 1. The van der Waals surface area contributed by atoms with Gasteiger partial charge in [0.05, 0.1) is 5.75 Å². The first-order valence-corrected chi connectivity index (χ1v) is 5.17. The van der Waals surface area contributed by atoms with Gasteiger partial charge in [0, 0.05) is 18.4 Å². The fourth-order valence-corrected chi connectivity index (χ4v) is 1.47. The minimum Gasteiger partial charge on any atom is -0.360 e. The monoisotopic (exact) mass is 216 g/mol. The summed E-state index contributed by atoms with van der Waals surface area (Å²) in [5.41, 5.74) is 7.48. The highest BCUT2D eigenvalue weighted by Crippen LogP contribution is 2.12. The fourth-order valence-electron chi connectivity index (χ4n) is 0.818. The summed E-state index contributed by atoms with van der Waals surface area (Å²) in [7, 11) is 0. The van der Waals surface area contributed by atoms with Crippen LogP contribution in [0.5, 0.6) is 0 Å². The van der Waals surface area contributed by atoms with Gasteiger partial charge in [0.15, 0.2) is 5.69 Å². The number of nitrogen functional groups attached to an aromatic ring is 1. The summed E-state index contributed by atoms with van der Waals surface area (Å²) in [6.45, 7) is 0.620. The Kier molecular flexibility index (Phi) is 4.44. The molecular formula is C7H12N4O2S. The third-order valence-corrected chi connectivity index (χ3v) is 2.44. The summed E-state index contributed by atoms with van der Waals surface area (Å²) in [5, 5.41) is 3.55. The van der Waals surface area contributed by atoms with Crippen molar-refractivity contribution < 1.29 is 9.32 Å². The van der Waals surface area contributed by atoms with Gasteiger partial charge in [-0.15, -0.1) is 0 Å². The van der Waals surface area contributed by atoms with Gasteiger partial charge in [-0.2, -0.15) is 11.8 Å². The van der Waals surface area contributed by atoms with Crippen LogP contribution < -0.4 is 17.0 Å². The second-order valence-electron chi connectivity index (χ2n) is 2.49. The Morgan fingerprint density at radius 2 is 2.50 bits per heavy atom. The highest BCUT2D eigenvalue weighted by molar-refractivity contribution is 7.98. The molecular weight excluding hydrogens is 204 g/mol. The molecule has 0 atom stereocenters. The molecule has 1 aromatic heterocycles. The van der Waals surface area contributed by atoms with Crippen LogP contribution in [0.4, 0.5) is 0 Å². The zero-order valence-electron chi connectivity index (χ0n) is 7.53. The molecule has 1 heterocycles. The average Bonchev–Trinajstić information content (AvgIpc) is 2.66. The number of thioether (sulfide) groups is 1. The van der Waals surface area contributed by atoms with Gasteiger partial charge < -0.3 is 10.3 Å². The van der Waals surface area contributed by atoms with Gasteiger partial charge in [-0.25, -0.2) is 5.84 Å². The van der Waals surface area contributed by atoms with Crippen molar-refractivity contribution in [1.82, 2.24) is 10.6 Å². The number of hydrogen-bond acceptors (Lipinski definition) is 6. The highest BCUT2D eigenvalue weighted by atomic mass is 32.2. The number of nitrogens with zero attached hydrogens (tertiary/aromatic N) is 1. The van der Waals surface area contributed by atoms with Gasteiger partial charge in [-0.1, -0.05) is 5.16 Å². The number of hydrogen-bond donors (Lipinski definition) is 3. The Labute approximate surface area is 85.3 Å². The van der Waals surface area contributed by atoms with Gasteiger partial charge in [-0.3, -0.25) is 10.2 Å². The molecule has 0 aliphatic carbocycles. The van der Waals surface area contributed by atoms with Crippen molar-refractivity contribution >= 4 is 17.7 Å². The van der Waals surface area contributed by atoms with Gasteiger partial charge in [-0.05, 0) is 0 Å². The summed E-state index contributed by atoms with van der Waals surface area (Å²) >= 11 is 1.62. The van der Waals surface area contributed by atoms with Gasteiger partial charge in [0.2, 0.25) is 0 Å². The lowest BCUT2D eigenvalue weighted by atomic mass is 10.4. The molecule has 1 aromatic rings. The molecule has 0 aliphatic rings. The molecule has 0 radical (unpaired) electrons. The van der Waals surface area contributed by atoms with Crippen LogP contribution >= 0.6 is 11.8 Å². The number of rotatable bonds is 5. The van der Waals surface area contributed by atoms with E-state index in [0.717, 1.165) is 5.75 Å². The molecule has 0 saturated carbocycles. The van der Waals surface area contributed by atoms with E-state index < -0.39 is 5.91 Å². The quantitative estimate of drug-likeness (QED) is 0.264. The van der Waals surface area contributed by atoms with Crippen molar-refractivity contribution in [2.75, 3.05) is 12.3 Å². The van der Waals surface area contributed by atoms with E-state index in [2.05, 4.69) is 5.16 Å². The highest BCUT2D eigenvalue weighted by Gasteiger charge is 2.10. The number of carbonyl (C=O) groups excluding carboxylic acids is 1. The van der Waals surface area contributed by atoms with Gasteiger partial charge in [0.25, 0.3) is 5.91 Å². The molecule has 0 unspecified atom stereocenters. The molecule has 1 amide bonds. The number of nitrogens with two attached hydrogens (primary N) is 2. The topological polar surface area (TPSA) is 107 Å². The number of hydrazine groups is 1. The van der Waals surface area contributed by atoms with E-state index in [9.17, 15) is 4.79 Å². The standard InChI is InChI=1S/C7H12N4O2S/c8-1-2-14-4-5-3-6(11-13-5)7(12)10-9/h3H,1-2,4,8-9H2,(H,10,12). The number of amides is 1. The van der Waals surface area contributed by atoms with Crippen molar-refractivity contribution in [3.05, 3.63) is 17.5 Å². The Bertz CT molecular complexity index is 302. The molecule has 0 saturated heterocycles. The van der Waals surface area contributed by atoms with Crippen LogP contribution in [0.15, 0.2) is 10.6 Å². The molecule has 1 rings (SSSR count). The summed E-state index contributed by atoms with van der Waals surface area (Å²) in [5.74, 6) is 6.62. The third-order valence-electron chi connectivity index (χ3n) is 1.43. The first kappa shape index (κ1) is 11.0. The van der Waals surface area contributed by atoms with Crippen LogP contribution in [-0.4, -0.2) is 23.4 Å². The molecule has 0 bridgehead atoms. The van der Waals surface area contributed by atoms with Crippen LogP contribution in [-0.2, 0) is 5.75 Å². The zero-order chi connectivity index (χ0) is 10.4. The van der Waals surface area contributed by atoms with Crippen molar-refractivity contribution in [1.29, 1.82) is 0 Å². The third kappa shape index (κ3) is 3.02. The maximum atomic E-state index is 11.0. The maximum Gasteiger partial charge on any atom is 0.287 e. The molecule has 0 aliphatic heterocycles. The van der Waals surface area contributed by atoms with E-state index in [1.54, 1.807) is 17.8 Å². The number of carbonyl (C=O) groups is 1. The Balaban J connectivity index is 2.46. The van der Waals surface area contributed by atoms with Gasteiger partial charge >= 0.3 is 0 Å². The smallest absolute Gasteiger partial charge is 0.287 e. The van der Waals surface area contributed by atoms with E-state index in [0.29, 0.717) is 18.1 Å². The Morgan fingerprint density at radius 3 is 3.14 bits per heavy atom. The molecule has 78 valence electrons. The largest absolute Gasteiger partial charge is 0.360 e. The molecule has 5 N–H and O–H groups in total. The second-order valence-corrected chi connectivity index (χ2v) is 3.60. The second kappa shape index (κ2) is 5.63. The van der Waals surface area contributed by atoms with Crippen molar-refractivity contribution in [2.24, 2.45) is 11.6 Å². The molecule has 14 heavy (non-hydrogen) atoms. The first-order valence-electron chi connectivity index (χ1n) is 4.02. The van der Waals surface area contributed by atoms with Crippen LogP contribution in [0, 0.1) is 0 Å². The average molecular weight is 216 g/mol. The van der Waals surface area contributed by atoms with Gasteiger partial charge in [0.1, 0.15) is 5.76 Å². The SMILES string of the molecule is NCCSCc1cc(C(=O)NN)no1. The van der Waals surface area contributed by atoms with E-state index in [1.165, 1.54) is 0 Å². The normalized spacial score (nSPS) is 10.1. The van der Waals surface area contributed by atoms with Crippen molar-refractivity contribution in [3.63, 3.8) is 0 Å². The number of nitrogens with one attached hydrogen (secondary N) is 1. The van der Waals surface area contributed by atoms with Crippen LogP contribution in [0.25, 0.3) is 0 Å². The lowest BCUT2D eigenvalue weighted by Gasteiger charge is -1.92. The van der Waals surface area contributed by atoms with E-state index in [1.807, 2.05) is 5.43 Å². The minimum absolute atomic E-state index is 0.191. The lowest BCUT2D eigenvalue weighted by molar-refractivity contribution is 0.0944. The minimum atomic E-state index is -0.455. The summed E-state index contributed by atoms with van der Waals surface area (Å²) in [6, 6.07) is 1.56. The molecule has 0 spiro atoms. The molecule has 7 heteroatoms. The van der Waals surface area contributed by atoms with Crippen molar-refractivity contribution in [3.8, 4) is 0 Å². The van der Waals surface area contributed by atoms with E-state index in [-0.39, 0.29) is 5.69 Å². The van der Waals surface area contributed by atoms with Crippen LogP contribution in [0.2, 0.25) is 0 Å². The van der Waals surface area contributed by atoms with E-state index in [4.69, 9.17) is 16.1 Å². The molecule has 0 fully saturated rings. The summed E-state index contributed by atoms with van der Waals surface area (Å²) < 4.78 is 4.91. The predicted molar refractivity (Wildman–Crippen MR) is 53.4 cm³/mol. The van der Waals surface area contributed by atoms with Crippen LogP contribution in [0.1, 0.15) is 16.2 Å². The molecule has 6 nitrogen and oxygen atoms in total. The maximum absolute atomic E-state index is 11.0. The molecule has 0 aromatic carbocycles. The zero-order valence-corrected chi connectivity index (χ0v) is 8.34. The summed E-state index contributed by atoms with van der Waals surface area (Å²) in [6.07, 6.45) is 0. The van der Waals surface area contributed by atoms with Crippen molar-refractivity contribution in [2.45, 2.75) is 5.75 Å². The predicted octanol–water partition coefficient (Wildman–Crippen LogP) is -0.530. The Morgan fingerprint density at radius 1 is 1.71 bits per heavy atom. The first-order chi connectivity index (χ1) is 6.77. The summed E-state index contributed by atoms with van der Waals surface area (Å²) in [4.78, 5) is 11.0. The fraction of sp³-hybridized carbons (Fsp3) is 0.429. The Hall–Kier alpha value is -1.05. The lowest BCUT2D eigenvalue weighted by Crippen LogP contribution is -2.30. The van der Waals surface area contributed by atoms with E-state index >= 15 is 0 Å². The van der Waals surface area contributed by atoms with Crippen LogP contribution in [0.3, 0.4) is 0 Å².